The van der Waals surface area contributed by atoms with Gasteiger partial charge in [-0.15, -0.1) is 0 Å². The molecule has 466 valence electrons. The lowest BCUT2D eigenvalue weighted by Crippen LogP contribution is -2.62. The molecule has 1 aromatic rings. The number of phenolic OH excluding ortho intramolecular Hbond substituents is 1. The molecule has 1 heterocycles. The predicted octanol–water partition coefficient (Wildman–Crippen LogP) is -2.44. The van der Waals surface area contributed by atoms with Gasteiger partial charge in [0.05, 0.1) is 18.6 Å². The van der Waals surface area contributed by atoms with Crippen LogP contribution in [0.4, 0.5) is 0 Å². The number of nitrogens with two attached hydrogens (primary N) is 3. The summed E-state index contributed by atoms with van der Waals surface area (Å²) in [7, 11) is 0. The van der Waals surface area contributed by atoms with Crippen LogP contribution in [0.25, 0.3) is 0 Å². The van der Waals surface area contributed by atoms with E-state index in [4.69, 9.17) is 17.2 Å². The highest BCUT2D eigenvalue weighted by atomic mass is 32.2. The molecule has 30 heteroatoms. The van der Waals surface area contributed by atoms with E-state index in [-0.39, 0.29) is 81.6 Å². The topological polar surface area (TPSA) is 459 Å². The van der Waals surface area contributed by atoms with Crippen molar-refractivity contribution >= 4 is 95.5 Å². The standard InChI is InChI=1S/C53H87N13O15S2/c1-26(2)21-32(54)43(71)58-33(11-9-18-57-53(55)56)45(73)64-41(28(5)6)50(78)61-36(24-40(69)70)47(75)63-38(25-82)48(76)65-42(29(7)67)51(79)66-19-10-12-39(66)49(77)60-35(22-27(3)4)46(74)59-34(17-20-83-8)44(72)62-37(52(80)81)23-30-13-15-31(68)16-14-30/h13-16,26-29,32-39,41-42,67-68,82H,9-12,17-25,54H2,1-8H3,(H,58,71)(H,59,74)(H,60,77)(H,61,78)(H,62,72)(H,63,75)(H,64,73)(H,65,76)(H,69,70)(H,80,81)(H4,55,56,57)/t29-,32+,33+,34+,35+,36+,37+,38+,39+,41+,42+/m1/s1. The van der Waals surface area contributed by atoms with E-state index in [0.29, 0.717) is 17.7 Å². The van der Waals surface area contributed by atoms with Crippen LogP contribution in [-0.2, 0) is 59.2 Å². The molecule has 0 aliphatic carbocycles. The molecule has 0 radical (unpaired) electrons. The highest BCUT2D eigenvalue weighted by Gasteiger charge is 2.42. The number of likely N-dealkylation sites (tertiary alicyclic amines) is 1. The Morgan fingerprint density at radius 3 is 1.73 bits per heavy atom. The van der Waals surface area contributed by atoms with Crippen molar-refractivity contribution in [1.82, 2.24) is 47.4 Å². The van der Waals surface area contributed by atoms with Gasteiger partial charge >= 0.3 is 11.9 Å². The summed E-state index contributed by atoms with van der Waals surface area (Å²) in [5, 5.41) is 60.3. The molecule has 83 heavy (non-hydrogen) atoms. The number of aliphatic hydroxyl groups excluding tert-OH is 1. The molecule has 1 aromatic carbocycles. The summed E-state index contributed by atoms with van der Waals surface area (Å²) in [6.07, 6.45) is 0.108. The summed E-state index contributed by atoms with van der Waals surface area (Å²) in [5.74, 6) is -12.0. The molecule has 1 fully saturated rings. The van der Waals surface area contributed by atoms with Gasteiger partial charge in [-0.2, -0.15) is 24.4 Å². The van der Waals surface area contributed by atoms with Gasteiger partial charge in [-0.1, -0.05) is 53.7 Å². The van der Waals surface area contributed by atoms with Gasteiger partial charge in [0.1, 0.15) is 60.1 Å². The van der Waals surface area contributed by atoms with Crippen molar-refractivity contribution in [3.8, 4) is 5.75 Å². The molecule has 0 saturated carbocycles. The fourth-order valence-electron chi connectivity index (χ4n) is 8.78. The second kappa shape index (κ2) is 35.9. The van der Waals surface area contributed by atoms with Crippen LogP contribution >= 0.6 is 24.4 Å². The van der Waals surface area contributed by atoms with Gasteiger partial charge in [0, 0.05) is 25.3 Å². The molecular weight excluding hydrogens is 1120 g/mol. The molecule has 2 rings (SSSR count). The first-order valence-electron chi connectivity index (χ1n) is 27.5. The molecule has 1 aliphatic heterocycles. The average molecular weight is 1210 g/mol. The monoisotopic (exact) mass is 1210 g/mol. The number of thiol groups is 1. The third-order valence-electron chi connectivity index (χ3n) is 13.2. The van der Waals surface area contributed by atoms with E-state index in [1.807, 2.05) is 13.8 Å². The predicted molar refractivity (Wildman–Crippen MR) is 312 cm³/mol. The van der Waals surface area contributed by atoms with E-state index in [2.05, 4.69) is 60.2 Å². The highest BCUT2D eigenvalue weighted by Crippen LogP contribution is 2.21. The number of carboxylic acids is 2. The maximum atomic E-state index is 14.3. The number of carboxylic acid groups (broad SMARTS) is 2. The Morgan fingerprint density at radius 2 is 1.19 bits per heavy atom. The molecule has 11 atom stereocenters. The number of rotatable bonds is 36. The maximum Gasteiger partial charge on any atom is 0.326 e. The summed E-state index contributed by atoms with van der Waals surface area (Å²) < 4.78 is 0. The van der Waals surface area contributed by atoms with E-state index in [9.17, 15) is 73.2 Å². The van der Waals surface area contributed by atoms with E-state index in [1.54, 1.807) is 34.0 Å². The Kier molecular flexibility index (Phi) is 31.3. The van der Waals surface area contributed by atoms with E-state index in [0.717, 1.165) is 4.90 Å². The molecule has 0 bridgehead atoms. The fourth-order valence-corrected chi connectivity index (χ4v) is 9.51. The normalized spacial score (nSPS) is 16.7. The number of hydrogen-bond donors (Lipinski definition) is 16. The number of aromatic hydroxyl groups is 1. The van der Waals surface area contributed by atoms with Crippen LogP contribution in [0.2, 0.25) is 0 Å². The molecular formula is C53H87N13O15S2. The first kappa shape index (κ1) is 72.2. The van der Waals surface area contributed by atoms with Gasteiger partial charge in [0.15, 0.2) is 5.96 Å². The lowest BCUT2D eigenvalue weighted by atomic mass is 10.0. The molecule has 28 nitrogen and oxygen atoms in total. The number of aliphatic hydroxyl groups is 1. The second-order valence-corrected chi connectivity index (χ2v) is 22.9. The summed E-state index contributed by atoms with van der Waals surface area (Å²) in [6.45, 7) is 11.7. The lowest BCUT2D eigenvalue weighted by molar-refractivity contribution is -0.145. The van der Waals surface area contributed by atoms with Crippen molar-refractivity contribution < 1.29 is 73.2 Å². The summed E-state index contributed by atoms with van der Waals surface area (Å²) in [4.78, 5) is 154. The van der Waals surface area contributed by atoms with Crippen LogP contribution in [0.5, 0.6) is 5.75 Å². The first-order chi connectivity index (χ1) is 38.9. The quantitative estimate of drug-likeness (QED) is 0.0144. The average Bonchev–Trinajstić information content (AvgIpc) is 3.95. The van der Waals surface area contributed by atoms with Crippen LogP contribution in [0.1, 0.15) is 105 Å². The van der Waals surface area contributed by atoms with Gasteiger partial charge in [-0.3, -0.25) is 52.9 Å². The van der Waals surface area contributed by atoms with Gasteiger partial charge in [0.25, 0.3) is 0 Å². The zero-order chi connectivity index (χ0) is 62.8. The summed E-state index contributed by atoms with van der Waals surface area (Å²) >= 11 is 5.56. The molecule has 1 aliphatic rings. The molecule has 1 saturated heterocycles. The third kappa shape index (κ3) is 25.2. The number of carbonyl (C=O) groups is 11. The first-order valence-corrected chi connectivity index (χ1v) is 29.5. The number of hydrogen-bond acceptors (Lipinski definition) is 17. The second-order valence-electron chi connectivity index (χ2n) is 21.6. The Hall–Kier alpha value is -6.92. The van der Waals surface area contributed by atoms with Gasteiger partial charge in [-0.25, -0.2) is 4.79 Å². The highest BCUT2D eigenvalue weighted by molar-refractivity contribution is 7.98. The number of guanidine groups is 1. The number of carbonyl (C=O) groups excluding carboxylic acids is 9. The molecule has 9 amide bonds. The number of aliphatic carboxylic acids is 2. The Labute approximate surface area is 493 Å². The maximum absolute atomic E-state index is 14.3. The zero-order valence-corrected chi connectivity index (χ0v) is 50.1. The molecule has 0 unspecified atom stereocenters. The van der Waals surface area contributed by atoms with E-state index in [1.165, 1.54) is 43.0 Å². The largest absolute Gasteiger partial charge is 0.508 e. The van der Waals surface area contributed by atoms with Crippen molar-refractivity contribution in [3.05, 3.63) is 29.8 Å². The fraction of sp³-hybridized carbons (Fsp3) is 0.660. The smallest absolute Gasteiger partial charge is 0.326 e. The molecule has 0 spiro atoms. The van der Waals surface area contributed by atoms with Crippen molar-refractivity contribution in [3.63, 3.8) is 0 Å². The van der Waals surface area contributed by atoms with E-state index >= 15 is 0 Å². The number of benzene rings is 1. The Balaban J connectivity index is 2.29. The van der Waals surface area contributed by atoms with Gasteiger partial charge in [0.2, 0.25) is 53.2 Å². The van der Waals surface area contributed by atoms with Crippen LogP contribution < -0.4 is 59.7 Å². The summed E-state index contributed by atoms with van der Waals surface area (Å²) in [5.41, 5.74) is 17.4. The zero-order valence-electron chi connectivity index (χ0n) is 48.3. The van der Waals surface area contributed by atoms with Crippen molar-refractivity contribution in [2.75, 3.05) is 30.9 Å². The Bertz CT molecular complexity index is 2410. The molecule has 0 aromatic heterocycles. The van der Waals surface area contributed by atoms with Crippen LogP contribution in [-0.4, -0.2) is 194 Å². The number of nitrogens with zero attached hydrogens (tertiary/aromatic N) is 2. The summed E-state index contributed by atoms with van der Waals surface area (Å²) in [6, 6.07) is -8.16. The van der Waals surface area contributed by atoms with Crippen molar-refractivity contribution in [2.45, 2.75) is 173 Å². The van der Waals surface area contributed by atoms with E-state index < -0.39 is 150 Å². The number of thioether (sulfide) groups is 1. The Morgan fingerprint density at radius 1 is 0.675 bits per heavy atom. The minimum Gasteiger partial charge on any atom is -0.508 e. The number of amides is 9. The third-order valence-corrected chi connectivity index (χ3v) is 14.2. The molecule has 18 N–H and O–H groups in total. The van der Waals surface area contributed by atoms with Crippen LogP contribution in [0.3, 0.4) is 0 Å². The van der Waals surface area contributed by atoms with Crippen LogP contribution in [0, 0.1) is 17.8 Å². The minimum absolute atomic E-state index is 0.0111. The van der Waals surface area contributed by atoms with Gasteiger partial charge < -0.3 is 85.1 Å². The van der Waals surface area contributed by atoms with Crippen molar-refractivity contribution in [2.24, 2.45) is 39.9 Å². The minimum atomic E-state index is -1.86. The number of phenols is 1. The number of nitrogens with one attached hydrogen (secondary N) is 8. The number of aliphatic imine (C=N–C) groups is 1. The van der Waals surface area contributed by atoms with Gasteiger partial charge in [-0.05, 0) is 99.3 Å². The SMILES string of the molecule is CSCC[C@H](NC(=O)[C@H](CC(C)C)NC(=O)[C@@H]1CCCN1C(=O)[C@@H](NC(=O)[C@H](CS)NC(=O)[C@H](CC(=O)O)NC(=O)[C@@H](NC(=O)[C@H](CCCN=C(N)N)NC(=O)[C@@H](N)CC(C)C)C(C)C)[C@@H](C)O)C(=O)N[C@@H](Cc1ccc(O)cc1)C(=O)O. The lowest BCUT2D eigenvalue weighted by Gasteiger charge is -2.32. The van der Waals surface area contributed by atoms with Crippen molar-refractivity contribution in [1.29, 1.82) is 0 Å². The van der Waals surface area contributed by atoms with Crippen LogP contribution in [0.15, 0.2) is 29.3 Å².